The first-order chi connectivity index (χ1) is 9.39. The molecule has 0 aliphatic carbocycles. The third-order valence-corrected chi connectivity index (χ3v) is 5.84. The van der Waals surface area contributed by atoms with Gasteiger partial charge in [-0.15, -0.1) is 0 Å². The fourth-order valence-corrected chi connectivity index (χ4v) is 3.48. The van der Waals surface area contributed by atoms with Gasteiger partial charge in [-0.1, -0.05) is 20.8 Å². The van der Waals surface area contributed by atoms with Crippen LogP contribution in [0.1, 0.15) is 27.2 Å². The van der Waals surface area contributed by atoms with Gasteiger partial charge in [0.25, 0.3) is 0 Å². The van der Waals surface area contributed by atoms with Crippen molar-refractivity contribution in [1.82, 2.24) is 4.72 Å². The van der Waals surface area contributed by atoms with Crippen LogP contribution in [0.15, 0.2) is 28.0 Å². The fourth-order valence-electron chi connectivity index (χ4n) is 1.41. The van der Waals surface area contributed by atoms with E-state index in [1.165, 1.54) is 0 Å². The molecule has 5 nitrogen and oxygen atoms in total. The van der Waals surface area contributed by atoms with Gasteiger partial charge in [-0.05, 0) is 30.0 Å². The van der Waals surface area contributed by atoms with Crippen molar-refractivity contribution in [2.24, 2.45) is 5.41 Å². The minimum atomic E-state index is -4.11. The van der Waals surface area contributed by atoms with E-state index in [4.69, 9.17) is 0 Å². The van der Waals surface area contributed by atoms with Crippen molar-refractivity contribution < 1.29 is 21.2 Å². The lowest BCUT2D eigenvalue weighted by atomic mass is 9.91. The Balaban J connectivity index is 3.20. The molecule has 0 atom stereocenters. The van der Waals surface area contributed by atoms with Gasteiger partial charge >= 0.3 is 0 Å². The van der Waals surface area contributed by atoms with Gasteiger partial charge in [0.2, 0.25) is 10.0 Å². The van der Waals surface area contributed by atoms with Crippen LogP contribution in [0.3, 0.4) is 0 Å². The molecule has 0 bridgehead atoms. The molecule has 0 unspecified atom stereocenters. The second-order valence-electron chi connectivity index (χ2n) is 5.71. The highest BCUT2D eigenvalue weighted by molar-refractivity contribution is 7.91. The summed E-state index contributed by atoms with van der Waals surface area (Å²) in [7, 11) is -7.72. The first-order valence-corrected chi connectivity index (χ1v) is 9.76. The Hall–Kier alpha value is -0.990. The second-order valence-corrected chi connectivity index (χ2v) is 9.46. The lowest BCUT2D eigenvalue weighted by molar-refractivity contribution is 0.350. The van der Waals surface area contributed by atoms with E-state index >= 15 is 0 Å². The summed E-state index contributed by atoms with van der Waals surface area (Å²) in [5.74, 6) is -0.982. The van der Waals surface area contributed by atoms with E-state index in [1.54, 1.807) is 0 Å². The number of nitrogens with one attached hydrogen (secondary N) is 1. The van der Waals surface area contributed by atoms with E-state index in [0.29, 0.717) is 0 Å². The van der Waals surface area contributed by atoms with Crippen LogP contribution in [-0.2, 0) is 19.9 Å². The van der Waals surface area contributed by atoms with Crippen LogP contribution in [0, 0.1) is 11.2 Å². The molecule has 1 aromatic rings. The van der Waals surface area contributed by atoms with Gasteiger partial charge in [-0.2, -0.15) is 0 Å². The molecule has 0 aliphatic rings. The lowest BCUT2D eigenvalue weighted by Gasteiger charge is -2.22. The zero-order valence-corrected chi connectivity index (χ0v) is 14.1. The zero-order valence-electron chi connectivity index (χ0n) is 12.5. The van der Waals surface area contributed by atoms with Crippen LogP contribution in [0.25, 0.3) is 0 Å². The molecule has 0 fully saturated rings. The third kappa shape index (κ3) is 4.76. The molecule has 0 spiro atoms. The Morgan fingerprint density at radius 2 is 1.76 bits per heavy atom. The van der Waals surface area contributed by atoms with Crippen molar-refractivity contribution in [3.05, 3.63) is 24.0 Å². The molecule has 0 radical (unpaired) electrons. The highest BCUT2D eigenvalue weighted by Crippen LogP contribution is 2.22. The summed E-state index contributed by atoms with van der Waals surface area (Å²) in [5, 5.41) is 0. The van der Waals surface area contributed by atoms with Crippen LogP contribution < -0.4 is 4.72 Å². The summed E-state index contributed by atoms with van der Waals surface area (Å²) in [6.07, 6.45) is 1.67. The minimum absolute atomic E-state index is 0.133. The number of hydrogen-bond acceptors (Lipinski definition) is 4. The summed E-state index contributed by atoms with van der Waals surface area (Å²) in [5.41, 5.74) is -0.280. The van der Waals surface area contributed by atoms with Gasteiger partial charge in [0.15, 0.2) is 9.84 Å². The molecule has 0 saturated carbocycles. The molecule has 1 N–H and O–H groups in total. The third-order valence-electron chi connectivity index (χ3n) is 3.32. The maximum atomic E-state index is 13.7. The highest BCUT2D eigenvalue weighted by Gasteiger charge is 2.24. The number of benzene rings is 1. The van der Waals surface area contributed by atoms with Crippen molar-refractivity contribution >= 4 is 19.9 Å². The summed E-state index contributed by atoms with van der Waals surface area (Å²) in [6, 6.07) is 2.72. The topological polar surface area (TPSA) is 80.3 Å². The smallest absolute Gasteiger partial charge is 0.224 e. The first kappa shape index (κ1) is 18.1. The van der Waals surface area contributed by atoms with Crippen molar-refractivity contribution in [3.8, 4) is 0 Å². The minimum Gasteiger partial charge on any atom is -0.224 e. The number of rotatable bonds is 6. The van der Waals surface area contributed by atoms with E-state index in [1.807, 2.05) is 20.8 Å². The van der Waals surface area contributed by atoms with Crippen LogP contribution >= 0.6 is 0 Å². The van der Waals surface area contributed by atoms with Crippen LogP contribution in [0.5, 0.6) is 0 Å². The Bertz CT molecular complexity index is 725. The predicted octanol–water partition coefficient (Wildman–Crippen LogP) is 1.94. The van der Waals surface area contributed by atoms with Crippen molar-refractivity contribution in [3.63, 3.8) is 0 Å². The first-order valence-electron chi connectivity index (χ1n) is 6.38. The molecule has 21 heavy (non-hydrogen) atoms. The molecule has 0 aromatic heterocycles. The molecule has 8 heteroatoms. The van der Waals surface area contributed by atoms with Gasteiger partial charge < -0.3 is 0 Å². The molecule has 120 valence electrons. The largest absolute Gasteiger partial charge is 0.243 e. The van der Waals surface area contributed by atoms with E-state index in [-0.39, 0.29) is 16.9 Å². The van der Waals surface area contributed by atoms with Crippen LogP contribution in [-0.4, -0.2) is 29.6 Å². The van der Waals surface area contributed by atoms with Gasteiger partial charge in [0.05, 0.1) is 4.90 Å². The van der Waals surface area contributed by atoms with Gasteiger partial charge in [-0.25, -0.2) is 25.9 Å². The quantitative estimate of drug-likeness (QED) is 0.805. The standard InChI is InChI=1S/C13H20FNO4S2/c1-5-13(2,3)9-15-21(18,19)12-8-10(20(4,16)17)6-7-11(12)14/h6-8,15H,5,9H2,1-4H3. The second kappa shape index (κ2) is 6.02. The highest BCUT2D eigenvalue weighted by atomic mass is 32.2. The van der Waals surface area contributed by atoms with Crippen LogP contribution in [0.2, 0.25) is 0 Å². The molecule has 0 amide bonds. The van der Waals surface area contributed by atoms with E-state index in [2.05, 4.69) is 4.72 Å². The molecule has 0 saturated heterocycles. The average molecular weight is 337 g/mol. The van der Waals surface area contributed by atoms with Crippen molar-refractivity contribution in [2.75, 3.05) is 12.8 Å². The monoisotopic (exact) mass is 337 g/mol. The SMILES string of the molecule is CCC(C)(C)CNS(=O)(=O)c1cc(S(C)(=O)=O)ccc1F. The van der Waals surface area contributed by atoms with Crippen molar-refractivity contribution in [2.45, 2.75) is 37.0 Å². The lowest BCUT2D eigenvalue weighted by Crippen LogP contribution is -2.34. The van der Waals surface area contributed by atoms with E-state index in [9.17, 15) is 21.2 Å². The van der Waals surface area contributed by atoms with Gasteiger partial charge in [-0.3, -0.25) is 0 Å². The van der Waals surface area contributed by atoms with Crippen molar-refractivity contribution in [1.29, 1.82) is 0 Å². The molecule has 1 rings (SSSR count). The fraction of sp³-hybridized carbons (Fsp3) is 0.538. The summed E-state index contributed by atoms with van der Waals surface area (Å²) in [4.78, 5) is -0.892. The number of hydrogen-bond donors (Lipinski definition) is 1. The normalized spacial score (nSPS) is 13.4. The molecule has 0 aliphatic heterocycles. The van der Waals surface area contributed by atoms with E-state index < -0.39 is 30.6 Å². The summed E-state index contributed by atoms with van der Waals surface area (Å²) < 4.78 is 63.3. The van der Waals surface area contributed by atoms with Gasteiger partial charge in [0.1, 0.15) is 10.7 Å². The summed E-state index contributed by atoms with van der Waals surface area (Å²) in [6.45, 7) is 5.80. The molecular formula is C13H20FNO4S2. The maximum absolute atomic E-state index is 13.7. The predicted molar refractivity (Wildman–Crippen MR) is 78.8 cm³/mol. The van der Waals surface area contributed by atoms with E-state index in [0.717, 1.165) is 30.9 Å². The maximum Gasteiger partial charge on any atom is 0.243 e. The zero-order chi connectivity index (χ0) is 16.5. The Kier molecular flexibility index (Phi) is 5.18. The Morgan fingerprint density at radius 1 is 1.19 bits per heavy atom. The Morgan fingerprint density at radius 3 is 2.24 bits per heavy atom. The molecule has 0 heterocycles. The number of sulfone groups is 1. The number of halogens is 1. The molecular weight excluding hydrogens is 317 g/mol. The molecule has 1 aromatic carbocycles. The summed E-state index contributed by atoms with van der Waals surface area (Å²) >= 11 is 0. The average Bonchev–Trinajstić information content (AvgIpc) is 2.35. The van der Waals surface area contributed by atoms with Gasteiger partial charge in [0, 0.05) is 12.8 Å². The van der Waals surface area contributed by atoms with Crippen LogP contribution in [0.4, 0.5) is 4.39 Å². The Labute approximate surface area is 125 Å². The number of sulfonamides is 1.